The summed E-state index contributed by atoms with van der Waals surface area (Å²) in [4.78, 5) is 15.9. The number of aliphatic hydroxyl groups is 3. The van der Waals surface area contributed by atoms with Crippen LogP contribution in [0.2, 0.25) is 0 Å². The highest BCUT2D eigenvalue weighted by atomic mass is 16.6. The van der Waals surface area contributed by atoms with Crippen molar-refractivity contribution in [2.24, 2.45) is 20.7 Å². The summed E-state index contributed by atoms with van der Waals surface area (Å²) in [7, 11) is 0. The smallest absolute Gasteiger partial charge is 0.173 e. The van der Waals surface area contributed by atoms with Crippen LogP contribution in [0.15, 0.2) is 106 Å². The van der Waals surface area contributed by atoms with Crippen LogP contribution in [0.5, 0.6) is 0 Å². The second kappa shape index (κ2) is 9.54. The second-order valence-corrected chi connectivity index (χ2v) is 9.66. The molecule has 1 unspecified atom stereocenters. The topological polar surface area (TPSA) is 136 Å². The SMILES string of the molecule is NC1(C(c2ccccc2)(c2ccccc2)c2ccccc2)N=CN=C2C1=NCN2[C@@H]1O[C@H](CO)[C@@H](O)[C@H]1O. The van der Waals surface area contributed by atoms with Crippen LogP contribution in [0.25, 0.3) is 0 Å². The maximum absolute atomic E-state index is 10.7. The summed E-state index contributed by atoms with van der Waals surface area (Å²) in [5.74, 6) is 0.407. The first kappa shape index (κ1) is 24.6. The molecule has 1 fully saturated rings. The standard InChI is InChI=1S/C29H29N5O4/c30-29(25-26(31-17-33-29)34(18-32-25)27-24(37)23(36)22(16-35)38-27)28(19-10-4-1-5-11-19,20-12-6-2-7-13-20)21-14-8-3-9-15-21/h1-15,17,22-24,27,35-37H,16,18,30H2/t22-,23-,24-,27-,29?/m1/s1. The normalized spacial score (nSPS) is 28.7. The number of hydrogen-bond acceptors (Lipinski definition) is 9. The fourth-order valence-electron chi connectivity index (χ4n) is 5.92. The van der Waals surface area contributed by atoms with Gasteiger partial charge >= 0.3 is 0 Å². The van der Waals surface area contributed by atoms with E-state index in [1.165, 1.54) is 6.34 Å². The fourth-order valence-corrected chi connectivity index (χ4v) is 5.92. The Bertz CT molecular complexity index is 1290. The third-order valence-corrected chi connectivity index (χ3v) is 7.68. The molecule has 38 heavy (non-hydrogen) atoms. The Kier molecular flexibility index (Phi) is 6.17. The van der Waals surface area contributed by atoms with Crippen LogP contribution in [0, 0.1) is 0 Å². The van der Waals surface area contributed by atoms with Crippen molar-refractivity contribution in [3.8, 4) is 0 Å². The molecule has 194 valence electrons. The van der Waals surface area contributed by atoms with Crippen molar-refractivity contribution in [3.63, 3.8) is 0 Å². The van der Waals surface area contributed by atoms with E-state index < -0.39 is 42.2 Å². The molecule has 0 aromatic heterocycles. The monoisotopic (exact) mass is 511 g/mol. The largest absolute Gasteiger partial charge is 0.394 e. The summed E-state index contributed by atoms with van der Waals surface area (Å²) in [6.07, 6.45) is -2.96. The van der Waals surface area contributed by atoms with Crippen LogP contribution >= 0.6 is 0 Å². The predicted octanol–water partition coefficient (Wildman–Crippen LogP) is 1.27. The number of amidine groups is 1. The Morgan fingerprint density at radius 1 is 0.868 bits per heavy atom. The van der Waals surface area contributed by atoms with E-state index in [4.69, 9.17) is 20.5 Å². The van der Waals surface area contributed by atoms with Crippen molar-refractivity contribution < 1.29 is 20.1 Å². The van der Waals surface area contributed by atoms with Crippen LogP contribution in [0.4, 0.5) is 0 Å². The average molecular weight is 512 g/mol. The molecule has 9 heteroatoms. The van der Waals surface area contributed by atoms with E-state index in [0.717, 1.165) is 16.7 Å². The molecule has 0 bridgehead atoms. The van der Waals surface area contributed by atoms with Crippen molar-refractivity contribution >= 4 is 17.9 Å². The first-order valence-electron chi connectivity index (χ1n) is 12.5. The first-order valence-corrected chi connectivity index (χ1v) is 12.5. The van der Waals surface area contributed by atoms with Crippen LogP contribution < -0.4 is 5.73 Å². The minimum Gasteiger partial charge on any atom is -0.394 e. The van der Waals surface area contributed by atoms with Gasteiger partial charge in [0, 0.05) is 0 Å². The maximum atomic E-state index is 10.7. The van der Waals surface area contributed by atoms with E-state index in [-0.39, 0.29) is 6.67 Å². The van der Waals surface area contributed by atoms with Crippen molar-refractivity contribution in [1.82, 2.24) is 4.90 Å². The molecule has 0 saturated carbocycles. The Hall–Kier alpha value is -3.73. The van der Waals surface area contributed by atoms with Crippen LogP contribution in [-0.4, -0.2) is 81.6 Å². The van der Waals surface area contributed by atoms with Gasteiger partial charge in [0.25, 0.3) is 0 Å². The van der Waals surface area contributed by atoms with Gasteiger partial charge < -0.3 is 30.7 Å². The van der Waals surface area contributed by atoms with Gasteiger partial charge in [-0.2, -0.15) is 0 Å². The Balaban J connectivity index is 1.54. The molecule has 3 aliphatic rings. The van der Waals surface area contributed by atoms with Gasteiger partial charge in [-0.3, -0.25) is 4.99 Å². The van der Waals surface area contributed by atoms with E-state index >= 15 is 0 Å². The molecular weight excluding hydrogens is 482 g/mol. The number of ether oxygens (including phenoxy) is 1. The second-order valence-electron chi connectivity index (χ2n) is 9.66. The molecule has 1 saturated heterocycles. The number of aliphatic imine (C=N–C) groups is 3. The molecule has 5 atom stereocenters. The maximum Gasteiger partial charge on any atom is 0.173 e. The van der Waals surface area contributed by atoms with Crippen molar-refractivity contribution in [2.75, 3.05) is 13.3 Å². The van der Waals surface area contributed by atoms with Crippen LogP contribution in [0.1, 0.15) is 16.7 Å². The lowest BCUT2D eigenvalue weighted by molar-refractivity contribution is -0.0688. The van der Waals surface area contributed by atoms with Gasteiger partial charge in [-0.15, -0.1) is 0 Å². The number of fused-ring (bicyclic) bond motifs is 1. The van der Waals surface area contributed by atoms with Crippen molar-refractivity contribution in [2.45, 2.75) is 35.6 Å². The number of hydrogen-bond donors (Lipinski definition) is 4. The lowest BCUT2D eigenvalue weighted by Crippen LogP contribution is -2.66. The number of nitrogens with two attached hydrogens (primary N) is 1. The minimum absolute atomic E-state index is 0.0948. The van der Waals surface area contributed by atoms with Crippen molar-refractivity contribution in [3.05, 3.63) is 108 Å². The van der Waals surface area contributed by atoms with Gasteiger partial charge in [0.2, 0.25) is 0 Å². The van der Waals surface area contributed by atoms with Gasteiger partial charge in [-0.1, -0.05) is 91.0 Å². The Morgan fingerprint density at radius 3 is 1.87 bits per heavy atom. The summed E-state index contributed by atoms with van der Waals surface area (Å²) in [6.45, 7) is -0.332. The number of benzene rings is 3. The van der Waals surface area contributed by atoms with Crippen LogP contribution in [0.3, 0.4) is 0 Å². The average Bonchev–Trinajstić information content (AvgIpc) is 3.52. The molecule has 0 spiro atoms. The molecule has 0 radical (unpaired) electrons. The highest BCUT2D eigenvalue weighted by molar-refractivity contribution is 6.48. The fraction of sp³-hybridized carbons (Fsp3) is 0.276. The van der Waals surface area contributed by atoms with Gasteiger partial charge in [0.15, 0.2) is 17.7 Å². The zero-order valence-electron chi connectivity index (χ0n) is 20.6. The number of aliphatic hydroxyl groups excluding tert-OH is 3. The minimum atomic E-state index is -1.44. The summed E-state index contributed by atoms with van der Waals surface area (Å²) in [5.41, 5.74) is 8.23. The zero-order valence-corrected chi connectivity index (χ0v) is 20.6. The molecule has 0 aliphatic carbocycles. The highest BCUT2D eigenvalue weighted by Gasteiger charge is 2.60. The van der Waals surface area contributed by atoms with E-state index in [1.807, 2.05) is 91.0 Å². The van der Waals surface area contributed by atoms with Crippen molar-refractivity contribution in [1.29, 1.82) is 0 Å². The van der Waals surface area contributed by atoms with Crippen LogP contribution in [-0.2, 0) is 10.2 Å². The molecule has 0 amide bonds. The van der Waals surface area contributed by atoms with Gasteiger partial charge in [0.1, 0.15) is 37.0 Å². The van der Waals surface area contributed by atoms with E-state index in [9.17, 15) is 15.3 Å². The van der Waals surface area contributed by atoms with E-state index in [1.54, 1.807) is 4.90 Å². The summed E-state index contributed by atoms with van der Waals surface area (Å²) < 4.78 is 5.81. The highest BCUT2D eigenvalue weighted by Crippen LogP contribution is 2.49. The third kappa shape index (κ3) is 3.48. The molecule has 9 nitrogen and oxygen atoms in total. The molecule has 3 aromatic carbocycles. The molecule has 3 aromatic rings. The quantitative estimate of drug-likeness (QED) is 0.368. The first-order chi connectivity index (χ1) is 18.5. The molecule has 5 N–H and O–H groups in total. The third-order valence-electron chi connectivity index (χ3n) is 7.68. The Labute approximate surface area is 220 Å². The number of nitrogens with zero attached hydrogens (tertiary/aromatic N) is 4. The molecular formula is C29H29N5O4. The zero-order chi connectivity index (χ0) is 26.3. The van der Waals surface area contributed by atoms with E-state index in [2.05, 4.69) is 4.99 Å². The van der Waals surface area contributed by atoms with Gasteiger partial charge in [-0.05, 0) is 16.7 Å². The Morgan fingerprint density at radius 2 is 1.39 bits per heavy atom. The molecule has 6 rings (SSSR count). The summed E-state index contributed by atoms with van der Waals surface area (Å²) in [6, 6.07) is 29.9. The van der Waals surface area contributed by atoms with E-state index in [0.29, 0.717) is 11.5 Å². The molecule has 3 heterocycles. The number of rotatable bonds is 6. The lowest BCUT2D eigenvalue weighted by Gasteiger charge is -2.48. The summed E-state index contributed by atoms with van der Waals surface area (Å²) in [5, 5.41) is 30.7. The lowest BCUT2D eigenvalue weighted by atomic mass is 9.60. The van der Waals surface area contributed by atoms with Gasteiger partial charge in [-0.25, -0.2) is 9.98 Å². The summed E-state index contributed by atoms with van der Waals surface area (Å²) >= 11 is 0. The predicted molar refractivity (Wildman–Crippen MR) is 144 cm³/mol. The molecule has 3 aliphatic heterocycles. The van der Waals surface area contributed by atoms with Gasteiger partial charge in [0.05, 0.1) is 12.0 Å².